The minimum Gasteiger partial charge on any atom is -0.371 e. The molecule has 0 spiro atoms. The smallest absolute Gasteiger partial charge is 0.314 e. The SMILES string of the molecule is Cc1cc(NC(=O)C(=O)NCCCN2CCc3ccccc32)no1. The van der Waals surface area contributed by atoms with Crippen molar-refractivity contribution in [2.45, 2.75) is 19.8 Å². The van der Waals surface area contributed by atoms with Gasteiger partial charge in [-0.1, -0.05) is 23.4 Å². The molecule has 126 valence electrons. The van der Waals surface area contributed by atoms with Gasteiger partial charge in [0.05, 0.1) is 0 Å². The third-order valence-corrected chi connectivity index (χ3v) is 3.95. The van der Waals surface area contributed by atoms with E-state index < -0.39 is 11.8 Å². The van der Waals surface area contributed by atoms with Gasteiger partial charge in [0.15, 0.2) is 5.82 Å². The fraction of sp³-hybridized carbons (Fsp3) is 0.353. The van der Waals surface area contributed by atoms with Crippen LogP contribution in [0.15, 0.2) is 34.9 Å². The van der Waals surface area contributed by atoms with E-state index in [2.05, 4.69) is 38.9 Å². The Labute approximate surface area is 140 Å². The Morgan fingerprint density at radius 2 is 2.12 bits per heavy atom. The van der Waals surface area contributed by atoms with Gasteiger partial charge < -0.3 is 14.7 Å². The number of aromatic nitrogens is 1. The van der Waals surface area contributed by atoms with Gasteiger partial charge in [-0.2, -0.15) is 0 Å². The summed E-state index contributed by atoms with van der Waals surface area (Å²) in [6.07, 6.45) is 1.83. The van der Waals surface area contributed by atoms with Crippen LogP contribution in [0.1, 0.15) is 17.7 Å². The van der Waals surface area contributed by atoms with Gasteiger partial charge in [0, 0.05) is 31.4 Å². The van der Waals surface area contributed by atoms with E-state index in [1.165, 1.54) is 11.3 Å². The lowest BCUT2D eigenvalue weighted by atomic mass is 10.2. The monoisotopic (exact) mass is 328 g/mol. The van der Waals surface area contributed by atoms with Crippen molar-refractivity contribution in [1.82, 2.24) is 10.5 Å². The van der Waals surface area contributed by atoms with Crippen molar-refractivity contribution in [1.29, 1.82) is 0 Å². The van der Waals surface area contributed by atoms with Gasteiger partial charge in [0.1, 0.15) is 5.76 Å². The van der Waals surface area contributed by atoms with Gasteiger partial charge in [-0.3, -0.25) is 14.9 Å². The zero-order valence-electron chi connectivity index (χ0n) is 13.5. The molecule has 1 aromatic heterocycles. The van der Waals surface area contributed by atoms with E-state index in [1.807, 2.05) is 6.07 Å². The van der Waals surface area contributed by atoms with Crippen molar-refractivity contribution in [2.24, 2.45) is 0 Å². The number of anilines is 2. The maximum absolute atomic E-state index is 11.8. The highest BCUT2D eigenvalue weighted by molar-refractivity contribution is 6.39. The second kappa shape index (κ2) is 7.16. The minimum absolute atomic E-state index is 0.237. The molecule has 2 aromatic rings. The average molecular weight is 328 g/mol. The molecule has 0 saturated heterocycles. The number of benzene rings is 1. The van der Waals surface area contributed by atoms with Crippen LogP contribution in [0.2, 0.25) is 0 Å². The first-order valence-electron chi connectivity index (χ1n) is 7.99. The fourth-order valence-corrected chi connectivity index (χ4v) is 2.79. The number of nitrogens with zero attached hydrogens (tertiary/aromatic N) is 2. The van der Waals surface area contributed by atoms with Crippen LogP contribution in [0.5, 0.6) is 0 Å². The summed E-state index contributed by atoms with van der Waals surface area (Å²) in [6, 6.07) is 9.91. The summed E-state index contributed by atoms with van der Waals surface area (Å²) in [6.45, 7) is 4.00. The zero-order chi connectivity index (χ0) is 16.9. The van der Waals surface area contributed by atoms with Gasteiger partial charge in [-0.15, -0.1) is 0 Å². The first-order valence-corrected chi connectivity index (χ1v) is 7.99. The Morgan fingerprint density at radius 3 is 2.92 bits per heavy atom. The first-order chi connectivity index (χ1) is 11.6. The molecule has 3 rings (SSSR count). The van der Waals surface area contributed by atoms with Gasteiger partial charge >= 0.3 is 11.8 Å². The average Bonchev–Trinajstić information content (AvgIpc) is 3.17. The number of hydrogen-bond donors (Lipinski definition) is 2. The topological polar surface area (TPSA) is 87.5 Å². The molecule has 7 nitrogen and oxygen atoms in total. The summed E-state index contributed by atoms with van der Waals surface area (Å²) in [4.78, 5) is 25.8. The van der Waals surface area contributed by atoms with Crippen LogP contribution in [0, 0.1) is 6.92 Å². The Kier molecular flexibility index (Phi) is 4.79. The standard InChI is InChI=1S/C17H20N4O3/c1-12-11-15(20-24-12)19-17(23)16(22)18-8-4-9-21-10-7-13-5-2-3-6-14(13)21/h2-3,5-6,11H,4,7-10H2,1H3,(H,18,22)(H,19,20,23). The van der Waals surface area contributed by atoms with Gasteiger partial charge in [0.2, 0.25) is 0 Å². The zero-order valence-corrected chi connectivity index (χ0v) is 13.5. The predicted octanol–water partition coefficient (Wildman–Crippen LogP) is 1.49. The summed E-state index contributed by atoms with van der Waals surface area (Å²) in [5.74, 6) is -0.606. The first kappa shape index (κ1) is 16.0. The number of carbonyl (C=O) groups excluding carboxylic acids is 2. The van der Waals surface area contributed by atoms with Gasteiger partial charge in [-0.05, 0) is 31.4 Å². The molecule has 0 radical (unpaired) electrons. The number of aryl methyl sites for hydroxylation is 1. The lowest BCUT2D eigenvalue weighted by Gasteiger charge is -2.19. The normalized spacial score (nSPS) is 12.8. The second-order valence-electron chi connectivity index (χ2n) is 5.75. The molecule has 0 atom stereocenters. The Balaban J connectivity index is 1.39. The summed E-state index contributed by atoms with van der Waals surface area (Å²) >= 11 is 0. The molecule has 0 aliphatic carbocycles. The van der Waals surface area contributed by atoms with E-state index >= 15 is 0 Å². The van der Waals surface area contributed by atoms with Gasteiger partial charge in [-0.25, -0.2) is 0 Å². The number of amides is 2. The minimum atomic E-state index is -0.741. The number of fused-ring (bicyclic) bond motifs is 1. The van der Waals surface area contributed by atoms with Crippen molar-refractivity contribution in [3.05, 3.63) is 41.7 Å². The third kappa shape index (κ3) is 3.73. The molecule has 0 unspecified atom stereocenters. The number of nitrogens with one attached hydrogen (secondary N) is 2. The maximum Gasteiger partial charge on any atom is 0.314 e. The highest BCUT2D eigenvalue weighted by Gasteiger charge is 2.18. The quantitative estimate of drug-likeness (QED) is 0.641. The van der Waals surface area contributed by atoms with Gasteiger partial charge in [0.25, 0.3) is 0 Å². The molecular formula is C17H20N4O3. The molecule has 1 aliphatic rings. The summed E-state index contributed by atoms with van der Waals surface area (Å²) in [7, 11) is 0. The number of hydrogen-bond acceptors (Lipinski definition) is 5. The fourth-order valence-electron chi connectivity index (χ4n) is 2.79. The van der Waals surface area contributed by atoms with Crippen LogP contribution in [0.4, 0.5) is 11.5 Å². The van der Waals surface area contributed by atoms with E-state index in [0.29, 0.717) is 12.3 Å². The van der Waals surface area contributed by atoms with E-state index in [4.69, 9.17) is 4.52 Å². The predicted molar refractivity (Wildman–Crippen MR) is 89.9 cm³/mol. The number of rotatable bonds is 5. The summed E-state index contributed by atoms with van der Waals surface area (Å²) < 4.78 is 4.83. The molecule has 2 heterocycles. The van der Waals surface area contributed by atoms with Crippen LogP contribution in [-0.4, -0.2) is 36.6 Å². The molecule has 2 amide bonds. The maximum atomic E-state index is 11.8. The van der Waals surface area contributed by atoms with Crippen LogP contribution in [0.3, 0.4) is 0 Å². The van der Waals surface area contributed by atoms with E-state index in [1.54, 1.807) is 13.0 Å². The molecule has 0 saturated carbocycles. The Morgan fingerprint density at radius 1 is 1.29 bits per heavy atom. The molecule has 1 aliphatic heterocycles. The molecule has 7 heteroatoms. The van der Waals surface area contributed by atoms with Crippen molar-refractivity contribution in [3.63, 3.8) is 0 Å². The number of para-hydroxylation sites is 1. The molecule has 2 N–H and O–H groups in total. The van der Waals surface area contributed by atoms with Crippen LogP contribution in [-0.2, 0) is 16.0 Å². The highest BCUT2D eigenvalue weighted by atomic mass is 16.5. The molecule has 1 aromatic carbocycles. The van der Waals surface area contributed by atoms with Crippen LogP contribution >= 0.6 is 0 Å². The lowest BCUT2D eigenvalue weighted by Crippen LogP contribution is -2.37. The van der Waals surface area contributed by atoms with Crippen molar-refractivity contribution in [2.75, 3.05) is 29.9 Å². The third-order valence-electron chi connectivity index (χ3n) is 3.95. The Bertz CT molecular complexity index is 741. The van der Waals surface area contributed by atoms with E-state index in [-0.39, 0.29) is 5.82 Å². The molecule has 0 fully saturated rings. The largest absolute Gasteiger partial charge is 0.371 e. The van der Waals surface area contributed by atoms with Crippen LogP contribution in [0.25, 0.3) is 0 Å². The molecule has 24 heavy (non-hydrogen) atoms. The van der Waals surface area contributed by atoms with Crippen LogP contribution < -0.4 is 15.5 Å². The van der Waals surface area contributed by atoms with Crippen molar-refractivity contribution >= 4 is 23.3 Å². The second-order valence-corrected chi connectivity index (χ2v) is 5.75. The van der Waals surface area contributed by atoms with E-state index in [0.717, 1.165) is 25.9 Å². The Hall–Kier alpha value is -2.83. The summed E-state index contributed by atoms with van der Waals surface area (Å²) in [5, 5.41) is 8.63. The summed E-state index contributed by atoms with van der Waals surface area (Å²) in [5.41, 5.74) is 2.63. The van der Waals surface area contributed by atoms with E-state index in [9.17, 15) is 9.59 Å². The van der Waals surface area contributed by atoms with Crippen molar-refractivity contribution < 1.29 is 14.1 Å². The molecular weight excluding hydrogens is 308 g/mol. The number of carbonyl (C=O) groups is 2. The molecule has 0 bridgehead atoms. The van der Waals surface area contributed by atoms with Crippen molar-refractivity contribution in [3.8, 4) is 0 Å². The highest BCUT2D eigenvalue weighted by Crippen LogP contribution is 2.27. The lowest BCUT2D eigenvalue weighted by molar-refractivity contribution is -0.136.